The van der Waals surface area contributed by atoms with Crippen LogP contribution in [0, 0.1) is 0 Å². The first-order valence-electron chi connectivity index (χ1n) is 11.7. The van der Waals surface area contributed by atoms with Crippen molar-refractivity contribution in [2.75, 3.05) is 37.7 Å². The molecule has 2 heterocycles. The molecule has 2 aliphatic heterocycles. The van der Waals surface area contributed by atoms with Crippen molar-refractivity contribution < 1.29 is 14.4 Å². The van der Waals surface area contributed by atoms with Crippen molar-refractivity contribution in [2.24, 2.45) is 0 Å². The summed E-state index contributed by atoms with van der Waals surface area (Å²) in [5.74, 6) is 0.0556. The molecule has 0 atom stereocenters. The zero-order valence-electron chi connectivity index (χ0n) is 18.9. The van der Waals surface area contributed by atoms with E-state index in [2.05, 4.69) is 17.1 Å². The standard InChI is InChI=1S/C24H36N4O3/c1-3-5-6-10-13-22(30)26-16-14-24(15-17-26)23(31)27(18-21(29)25-4-2)19-28(24)20-11-8-7-9-12-20/h7-9,11-12H,3-6,10,13-19H2,1-2H3,(H,25,29). The van der Waals surface area contributed by atoms with Crippen LogP contribution in [0.15, 0.2) is 30.3 Å². The number of piperidine rings is 1. The lowest BCUT2D eigenvalue weighted by molar-refractivity contribution is -0.140. The summed E-state index contributed by atoms with van der Waals surface area (Å²) in [5.41, 5.74) is 0.293. The number of anilines is 1. The van der Waals surface area contributed by atoms with Gasteiger partial charge in [0.1, 0.15) is 12.1 Å². The van der Waals surface area contributed by atoms with E-state index in [1.807, 2.05) is 42.2 Å². The molecule has 0 radical (unpaired) electrons. The molecule has 0 aromatic heterocycles. The Labute approximate surface area is 185 Å². The van der Waals surface area contributed by atoms with Crippen molar-refractivity contribution in [3.8, 4) is 0 Å². The molecule has 0 aliphatic carbocycles. The van der Waals surface area contributed by atoms with Gasteiger partial charge in [0.2, 0.25) is 11.8 Å². The Morgan fingerprint density at radius 3 is 2.39 bits per heavy atom. The van der Waals surface area contributed by atoms with Gasteiger partial charge in [-0.2, -0.15) is 0 Å². The monoisotopic (exact) mass is 428 g/mol. The van der Waals surface area contributed by atoms with Crippen LogP contribution in [0.1, 0.15) is 58.8 Å². The highest BCUT2D eigenvalue weighted by atomic mass is 16.2. The molecule has 7 heteroatoms. The number of likely N-dealkylation sites (N-methyl/N-ethyl adjacent to an activating group) is 1. The molecule has 0 bridgehead atoms. The van der Waals surface area contributed by atoms with Gasteiger partial charge in [-0.3, -0.25) is 14.4 Å². The highest BCUT2D eigenvalue weighted by molar-refractivity contribution is 5.96. The first-order chi connectivity index (χ1) is 15.0. The molecule has 0 saturated carbocycles. The van der Waals surface area contributed by atoms with E-state index in [9.17, 15) is 14.4 Å². The molecule has 7 nitrogen and oxygen atoms in total. The van der Waals surface area contributed by atoms with Gasteiger partial charge >= 0.3 is 0 Å². The van der Waals surface area contributed by atoms with Crippen LogP contribution < -0.4 is 10.2 Å². The van der Waals surface area contributed by atoms with Gasteiger partial charge in [0.25, 0.3) is 5.91 Å². The zero-order valence-corrected chi connectivity index (χ0v) is 18.9. The number of likely N-dealkylation sites (tertiary alicyclic amines) is 1. The quantitative estimate of drug-likeness (QED) is 0.614. The minimum absolute atomic E-state index is 0.00218. The Morgan fingerprint density at radius 1 is 1.03 bits per heavy atom. The molecule has 2 aliphatic rings. The van der Waals surface area contributed by atoms with Gasteiger partial charge in [-0.25, -0.2) is 0 Å². The highest BCUT2D eigenvalue weighted by Gasteiger charge is 2.54. The molecule has 170 valence electrons. The van der Waals surface area contributed by atoms with Gasteiger partial charge in [-0.05, 0) is 38.3 Å². The normalized spacial score (nSPS) is 18.0. The Morgan fingerprint density at radius 2 is 1.74 bits per heavy atom. The summed E-state index contributed by atoms with van der Waals surface area (Å²) in [4.78, 5) is 44.0. The lowest BCUT2D eigenvalue weighted by Gasteiger charge is -2.43. The first-order valence-corrected chi connectivity index (χ1v) is 11.7. The van der Waals surface area contributed by atoms with Crippen LogP contribution in [-0.4, -0.2) is 65.9 Å². The third kappa shape index (κ3) is 5.20. The summed E-state index contributed by atoms with van der Waals surface area (Å²) in [6.45, 7) is 6.20. The number of carbonyl (C=O) groups excluding carboxylic acids is 3. The zero-order chi connectivity index (χ0) is 22.3. The summed E-state index contributed by atoms with van der Waals surface area (Å²) in [5, 5.41) is 2.79. The topological polar surface area (TPSA) is 73.0 Å². The molecule has 2 fully saturated rings. The number of unbranched alkanes of at least 4 members (excludes halogenated alkanes) is 3. The largest absolute Gasteiger partial charge is 0.355 e. The van der Waals surface area contributed by atoms with Crippen LogP contribution in [0.25, 0.3) is 0 Å². The number of amides is 3. The molecule has 2 saturated heterocycles. The summed E-state index contributed by atoms with van der Waals surface area (Å²) >= 11 is 0. The van der Waals surface area contributed by atoms with E-state index in [4.69, 9.17) is 0 Å². The van der Waals surface area contributed by atoms with E-state index >= 15 is 0 Å². The molecule has 3 amide bonds. The van der Waals surface area contributed by atoms with E-state index in [1.54, 1.807) is 4.90 Å². The fraction of sp³-hybridized carbons (Fsp3) is 0.625. The van der Waals surface area contributed by atoms with E-state index in [0.29, 0.717) is 45.6 Å². The van der Waals surface area contributed by atoms with E-state index in [1.165, 1.54) is 6.42 Å². The molecule has 3 rings (SSSR count). The number of hydrogen-bond acceptors (Lipinski definition) is 4. The molecule has 31 heavy (non-hydrogen) atoms. The van der Waals surface area contributed by atoms with Crippen molar-refractivity contribution in [2.45, 2.75) is 64.3 Å². The van der Waals surface area contributed by atoms with Crippen molar-refractivity contribution in [1.29, 1.82) is 0 Å². The highest BCUT2D eigenvalue weighted by Crippen LogP contribution is 2.39. The number of nitrogens with one attached hydrogen (secondary N) is 1. The molecule has 1 N–H and O–H groups in total. The molecule has 1 aromatic carbocycles. The van der Waals surface area contributed by atoms with Gasteiger partial charge in [0, 0.05) is 31.7 Å². The Balaban J connectivity index is 1.71. The van der Waals surface area contributed by atoms with Crippen LogP contribution in [-0.2, 0) is 14.4 Å². The van der Waals surface area contributed by atoms with Crippen LogP contribution >= 0.6 is 0 Å². The Hall–Kier alpha value is -2.57. The summed E-state index contributed by atoms with van der Waals surface area (Å²) < 4.78 is 0. The second kappa shape index (κ2) is 10.6. The van der Waals surface area contributed by atoms with Crippen molar-refractivity contribution in [1.82, 2.24) is 15.1 Å². The first kappa shape index (κ1) is 23.1. The number of para-hydroxylation sites is 1. The van der Waals surface area contributed by atoms with Crippen LogP contribution in [0.4, 0.5) is 5.69 Å². The average Bonchev–Trinajstić information content (AvgIpc) is 3.04. The van der Waals surface area contributed by atoms with Crippen molar-refractivity contribution in [3.05, 3.63) is 30.3 Å². The molecule has 1 aromatic rings. The second-order valence-corrected chi connectivity index (χ2v) is 8.58. The van der Waals surface area contributed by atoms with Gasteiger partial charge in [0.05, 0.1) is 6.67 Å². The van der Waals surface area contributed by atoms with Crippen molar-refractivity contribution >= 4 is 23.4 Å². The fourth-order valence-electron chi connectivity index (χ4n) is 4.74. The second-order valence-electron chi connectivity index (χ2n) is 8.58. The predicted octanol–water partition coefficient (Wildman–Crippen LogP) is 2.76. The van der Waals surface area contributed by atoms with Gasteiger partial charge in [-0.1, -0.05) is 44.4 Å². The smallest absolute Gasteiger partial charge is 0.250 e. The van der Waals surface area contributed by atoms with Crippen LogP contribution in [0.5, 0.6) is 0 Å². The SMILES string of the molecule is CCCCCCC(=O)N1CCC2(CC1)C(=O)N(CC(=O)NCC)CN2c1ccccc1. The summed E-state index contributed by atoms with van der Waals surface area (Å²) in [6.07, 6.45) is 6.12. The third-order valence-electron chi connectivity index (χ3n) is 6.48. The minimum atomic E-state index is -0.688. The predicted molar refractivity (Wildman–Crippen MR) is 121 cm³/mol. The molecular formula is C24H36N4O3. The maximum atomic E-state index is 13.5. The minimum Gasteiger partial charge on any atom is -0.355 e. The van der Waals surface area contributed by atoms with Gasteiger partial charge < -0.3 is 20.0 Å². The van der Waals surface area contributed by atoms with E-state index < -0.39 is 5.54 Å². The number of carbonyl (C=O) groups is 3. The lowest BCUT2D eigenvalue weighted by Crippen LogP contribution is -2.57. The number of hydrogen-bond donors (Lipinski definition) is 1. The molecular weight excluding hydrogens is 392 g/mol. The summed E-state index contributed by atoms with van der Waals surface area (Å²) in [7, 11) is 0. The average molecular weight is 429 g/mol. The fourth-order valence-corrected chi connectivity index (χ4v) is 4.74. The van der Waals surface area contributed by atoms with Crippen LogP contribution in [0.2, 0.25) is 0 Å². The van der Waals surface area contributed by atoms with Gasteiger partial charge in [0.15, 0.2) is 0 Å². The Kier molecular flexibility index (Phi) is 7.93. The Bertz CT molecular complexity index is 759. The maximum absolute atomic E-state index is 13.5. The third-order valence-corrected chi connectivity index (χ3v) is 6.48. The molecule has 0 unspecified atom stereocenters. The number of nitrogens with zero attached hydrogens (tertiary/aromatic N) is 3. The van der Waals surface area contributed by atoms with E-state index in [-0.39, 0.29) is 24.3 Å². The van der Waals surface area contributed by atoms with Gasteiger partial charge in [-0.15, -0.1) is 0 Å². The number of benzene rings is 1. The maximum Gasteiger partial charge on any atom is 0.250 e. The lowest BCUT2D eigenvalue weighted by atomic mass is 9.85. The molecule has 1 spiro atoms. The van der Waals surface area contributed by atoms with E-state index in [0.717, 1.165) is 24.9 Å². The number of rotatable bonds is 9. The van der Waals surface area contributed by atoms with Crippen molar-refractivity contribution in [3.63, 3.8) is 0 Å². The van der Waals surface area contributed by atoms with Crippen LogP contribution in [0.3, 0.4) is 0 Å². The summed E-state index contributed by atoms with van der Waals surface area (Å²) in [6, 6.07) is 9.91.